The molecule has 1 aromatic rings. The Morgan fingerprint density at radius 3 is 2.93 bits per heavy atom. The molecule has 0 bridgehead atoms. The number of nitrogens with two attached hydrogens (primary N) is 1. The molecule has 0 radical (unpaired) electrons. The van der Waals surface area contributed by atoms with Crippen LogP contribution < -0.4 is 5.73 Å². The van der Waals surface area contributed by atoms with Crippen LogP contribution >= 0.6 is 0 Å². The van der Waals surface area contributed by atoms with Crippen LogP contribution in [0.5, 0.6) is 0 Å². The maximum absolute atomic E-state index is 6.07. The second kappa shape index (κ2) is 4.35. The van der Waals surface area contributed by atoms with Gasteiger partial charge >= 0.3 is 0 Å². The molecule has 3 unspecified atom stereocenters. The third kappa shape index (κ3) is 1.93. The normalized spacial score (nSPS) is 31.0. The molecule has 0 saturated heterocycles. The van der Waals surface area contributed by atoms with Crippen LogP contribution in [0.1, 0.15) is 44.7 Å². The molecule has 2 rings (SSSR count). The van der Waals surface area contributed by atoms with Gasteiger partial charge in [-0.25, -0.2) is 0 Å². The topological polar surface area (TPSA) is 43.8 Å². The van der Waals surface area contributed by atoms with Gasteiger partial charge < -0.3 is 5.73 Å². The highest BCUT2D eigenvalue weighted by atomic mass is 15.3. The van der Waals surface area contributed by atoms with Gasteiger partial charge in [-0.05, 0) is 31.2 Å². The molecular weight excluding hydrogens is 186 g/mol. The Morgan fingerprint density at radius 2 is 2.33 bits per heavy atom. The molecule has 0 spiro atoms. The van der Waals surface area contributed by atoms with E-state index in [1.54, 1.807) is 0 Å². The molecule has 0 aromatic carbocycles. The van der Waals surface area contributed by atoms with Crippen LogP contribution in [-0.4, -0.2) is 15.8 Å². The smallest absolute Gasteiger partial charge is 0.0492 e. The maximum Gasteiger partial charge on any atom is 0.0492 e. The lowest BCUT2D eigenvalue weighted by Gasteiger charge is -2.19. The quantitative estimate of drug-likeness (QED) is 0.825. The Balaban J connectivity index is 2.18. The van der Waals surface area contributed by atoms with Crippen molar-refractivity contribution in [1.29, 1.82) is 0 Å². The third-order valence-corrected chi connectivity index (χ3v) is 3.69. The summed E-state index contributed by atoms with van der Waals surface area (Å²) in [7, 11) is 0. The van der Waals surface area contributed by atoms with Crippen LogP contribution in [0.2, 0.25) is 0 Å². The van der Waals surface area contributed by atoms with Gasteiger partial charge in [0.2, 0.25) is 0 Å². The molecule has 1 saturated carbocycles. The Hall–Kier alpha value is -0.830. The summed E-state index contributed by atoms with van der Waals surface area (Å²) in [6.45, 7) is 5.49. The van der Waals surface area contributed by atoms with E-state index in [-0.39, 0.29) is 0 Å². The van der Waals surface area contributed by atoms with E-state index in [0.29, 0.717) is 17.9 Å². The second-order valence-corrected chi connectivity index (χ2v) is 4.69. The van der Waals surface area contributed by atoms with Crippen molar-refractivity contribution in [3.8, 4) is 0 Å². The van der Waals surface area contributed by atoms with Crippen molar-refractivity contribution >= 4 is 0 Å². The number of aromatic nitrogens is 2. The molecule has 2 N–H and O–H groups in total. The Kier molecular flexibility index (Phi) is 3.10. The number of hydrogen-bond acceptors (Lipinski definition) is 2. The third-order valence-electron chi connectivity index (χ3n) is 3.69. The zero-order valence-electron chi connectivity index (χ0n) is 9.69. The molecule has 1 heterocycles. The Bertz CT molecular complexity index is 318. The summed E-state index contributed by atoms with van der Waals surface area (Å²) in [6, 6.07) is 2.54. The van der Waals surface area contributed by atoms with Gasteiger partial charge in [-0.1, -0.05) is 13.8 Å². The van der Waals surface area contributed by atoms with Crippen LogP contribution in [0.4, 0.5) is 0 Å². The van der Waals surface area contributed by atoms with Crippen molar-refractivity contribution in [1.82, 2.24) is 9.78 Å². The molecule has 0 amide bonds. The van der Waals surface area contributed by atoms with Crippen molar-refractivity contribution in [2.45, 2.75) is 51.6 Å². The van der Waals surface area contributed by atoms with Crippen molar-refractivity contribution in [3.63, 3.8) is 0 Å². The maximum atomic E-state index is 6.07. The minimum atomic E-state index is 0.375. The average molecular weight is 207 g/mol. The van der Waals surface area contributed by atoms with E-state index < -0.39 is 0 Å². The summed E-state index contributed by atoms with van der Waals surface area (Å²) < 4.78 is 2.15. The summed E-state index contributed by atoms with van der Waals surface area (Å²) in [6.07, 6.45) is 5.43. The van der Waals surface area contributed by atoms with Crippen LogP contribution in [0.15, 0.2) is 12.3 Å². The first-order valence-corrected chi connectivity index (χ1v) is 6.01. The molecule has 0 aliphatic heterocycles. The summed E-state index contributed by atoms with van der Waals surface area (Å²) >= 11 is 0. The molecule has 3 atom stereocenters. The Morgan fingerprint density at radius 1 is 1.53 bits per heavy atom. The van der Waals surface area contributed by atoms with Crippen LogP contribution in [-0.2, 0) is 6.54 Å². The lowest BCUT2D eigenvalue weighted by Crippen LogP contribution is -2.25. The molecule has 3 heteroatoms. The van der Waals surface area contributed by atoms with Gasteiger partial charge in [-0.15, -0.1) is 0 Å². The molecular formula is C12H21N3. The fourth-order valence-electron chi connectivity index (χ4n) is 2.67. The lowest BCUT2D eigenvalue weighted by atomic mass is 9.93. The van der Waals surface area contributed by atoms with Crippen LogP contribution in [0.3, 0.4) is 0 Å². The predicted molar refractivity (Wildman–Crippen MR) is 61.6 cm³/mol. The first-order valence-electron chi connectivity index (χ1n) is 6.01. The highest BCUT2D eigenvalue weighted by molar-refractivity contribution is 5.13. The molecule has 1 aromatic heterocycles. The molecule has 84 valence electrons. The summed E-state index contributed by atoms with van der Waals surface area (Å²) in [5, 5.41) is 4.39. The largest absolute Gasteiger partial charge is 0.327 e. The zero-order chi connectivity index (χ0) is 10.8. The van der Waals surface area contributed by atoms with E-state index in [2.05, 4.69) is 29.7 Å². The first kappa shape index (κ1) is 10.7. The SMILES string of the molecule is CCCn1nccc1C1CCC(N)C1C. The van der Waals surface area contributed by atoms with E-state index in [0.717, 1.165) is 19.4 Å². The zero-order valence-corrected chi connectivity index (χ0v) is 9.69. The number of nitrogens with zero attached hydrogens (tertiary/aromatic N) is 2. The highest BCUT2D eigenvalue weighted by Gasteiger charge is 2.32. The number of aryl methyl sites for hydroxylation is 1. The second-order valence-electron chi connectivity index (χ2n) is 4.69. The standard InChI is InChI=1S/C12H21N3/c1-3-8-15-12(6-7-14-15)10-4-5-11(13)9(10)2/h6-7,9-11H,3-5,8,13H2,1-2H3. The van der Waals surface area contributed by atoms with E-state index >= 15 is 0 Å². The number of rotatable bonds is 3. The van der Waals surface area contributed by atoms with Gasteiger partial charge in [-0.3, -0.25) is 4.68 Å². The van der Waals surface area contributed by atoms with E-state index in [1.165, 1.54) is 12.1 Å². The van der Waals surface area contributed by atoms with E-state index in [1.807, 2.05) is 6.20 Å². The van der Waals surface area contributed by atoms with Crippen molar-refractivity contribution in [2.75, 3.05) is 0 Å². The first-order chi connectivity index (χ1) is 7.24. The van der Waals surface area contributed by atoms with Crippen molar-refractivity contribution in [3.05, 3.63) is 18.0 Å². The summed E-state index contributed by atoms with van der Waals surface area (Å²) in [5.74, 6) is 1.21. The van der Waals surface area contributed by atoms with Gasteiger partial charge in [0.05, 0.1) is 0 Å². The van der Waals surface area contributed by atoms with Crippen molar-refractivity contribution < 1.29 is 0 Å². The molecule has 1 fully saturated rings. The van der Waals surface area contributed by atoms with E-state index in [9.17, 15) is 0 Å². The number of hydrogen-bond donors (Lipinski definition) is 1. The van der Waals surface area contributed by atoms with E-state index in [4.69, 9.17) is 5.73 Å². The van der Waals surface area contributed by atoms with Crippen LogP contribution in [0.25, 0.3) is 0 Å². The van der Waals surface area contributed by atoms with Gasteiger partial charge in [0.15, 0.2) is 0 Å². The highest BCUT2D eigenvalue weighted by Crippen LogP contribution is 2.38. The molecule has 15 heavy (non-hydrogen) atoms. The minimum absolute atomic E-state index is 0.375. The van der Waals surface area contributed by atoms with Gasteiger partial charge in [0.1, 0.15) is 0 Å². The lowest BCUT2D eigenvalue weighted by molar-refractivity contribution is 0.444. The minimum Gasteiger partial charge on any atom is -0.327 e. The predicted octanol–water partition coefficient (Wildman–Crippen LogP) is 2.13. The summed E-state index contributed by atoms with van der Waals surface area (Å²) in [5.41, 5.74) is 7.46. The van der Waals surface area contributed by atoms with Crippen LogP contribution in [0, 0.1) is 5.92 Å². The monoisotopic (exact) mass is 207 g/mol. The molecule has 3 nitrogen and oxygen atoms in total. The average Bonchev–Trinajstić information content (AvgIpc) is 2.77. The fourth-order valence-corrected chi connectivity index (χ4v) is 2.67. The van der Waals surface area contributed by atoms with Crippen molar-refractivity contribution in [2.24, 2.45) is 11.7 Å². The Labute approximate surface area is 91.7 Å². The van der Waals surface area contributed by atoms with Gasteiger partial charge in [0, 0.05) is 30.4 Å². The summed E-state index contributed by atoms with van der Waals surface area (Å²) in [4.78, 5) is 0. The fraction of sp³-hybridized carbons (Fsp3) is 0.750. The van der Waals surface area contributed by atoms with Gasteiger partial charge in [0.25, 0.3) is 0 Å². The van der Waals surface area contributed by atoms with Gasteiger partial charge in [-0.2, -0.15) is 5.10 Å². The molecule has 1 aliphatic carbocycles. The molecule has 1 aliphatic rings.